The molecule has 60 heavy (non-hydrogen) atoms. The van der Waals surface area contributed by atoms with Crippen LogP contribution in [0.2, 0.25) is 0 Å². The van der Waals surface area contributed by atoms with E-state index in [1.165, 1.54) is 111 Å². The predicted octanol–water partition coefficient (Wildman–Crippen LogP) is 14.4. The van der Waals surface area contributed by atoms with E-state index in [1.807, 2.05) is 18.6 Å². The molecular formula is C56H48N4. The van der Waals surface area contributed by atoms with E-state index in [0.717, 1.165) is 24.2 Å². The average molecular weight is 777 g/mol. The lowest BCUT2D eigenvalue weighted by atomic mass is 9.62. The van der Waals surface area contributed by atoms with Crippen LogP contribution in [0, 0.1) is 13.8 Å². The quantitative estimate of drug-likeness (QED) is 0.178. The second kappa shape index (κ2) is 13.0. The average Bonchev–Trinajstić information content (AvgIpc) is 3.79. The number of hydrogen-bond donors (Lipinski definition) is 0. The van der Waals surface area contributed by atoms with Crippen molar-refractivity contribution in [2.24, 2.45) is 0 Å². The lowest BCUT2D eigenvalue weighted by molar-refractivity contribution is 0.584. The van der Waals surface area contributed by atoms with Crippen molar-refractivity contribution in [2.75, 3.05) is 0 Å². The summed E-state index contributed by atoms with van der Waals surface area (Å²) in [6.07, 6.45) is 12.4. The number of fused-ring (bicyclic) bond motifs is 8. The van der Waals surface area contributed by atoms with E-state index in [2.05, 4.69) is 171 Å². The van der Waals surface area contributed by atoms with Gasteiger partial charge in [-0.3, -0.25) is 9.97 Å². The van der Waals surface area contributed by atoms with Crippen LogP contribution < -0.4 is 0 Å². The minimum Gasteiger partial charge on any atom is -0.311 e. The van der Waals surface area contributed by atoms with Gasteiger partial charge in [0, 0.05) is 39.8 Å². The molecule has 4 atom stereocenters. The van der Waals surface area contributed by atoms with Gasteiger partial charge in [0.25, 0.3) is 0 Å². The van der Waals surface area contributed by atoms with Crippen molar-refractivity contribution in [1.29, 1.82) is 0 Å². The Morgan fingerprint density at radius 3 is 1.73 bits per heavy atom. The van der Waals surface area contributed by atoms with Gasteiger partial charge in [-0.15, -0.1) is 0 Å². The third-order valence-corrected chi connectivity index (χ3v) is 14.9. The zero-order valence-corrected chi connectivity index (χ0v) is 35.2. The maximum atomic E-state index is 4.70. The molecule has 0 amide bonds. The summed E-state index contributed by atoms with van der Waals surface area (Å²) in [5, 5.41) is 4.02. The van der Waals surface area contributed by atoms with Crippen molar-refractivity contribution in [2.45, 2.75) is 78.1 Å². The summed E-state index contributed by atoms with van der Waals surface area (Å²) in [5.41, 5.74) is 25.8. The molecule has 4 nitrogen and oxygen atoms in total. The molecule has 292 valence electrons. The lowest BCUT2D eigenvalue weighted by Crippen LogP contribution is -2.24. The Hall–Kier alpha value is -6.52. The van der Waals surface area contributed by atoms with Gasteiger partial charge in [-0.05, 0) is 172 Å². The Kier molecular flexibility index (Phi) is 7.67. The molecule has 0 bridgehead atoms. The summed E-state index contributed by atoms with van der Waals surface area (Å²) >= 11 is 0. The maximum Gasteiger partial charge on any atom is 0.0645 e. The molecule has 4 unspecified atom stereocenters. The number of aryl methyl sites for hydroxylation is 2. The first-order valence-corrected chi connectivity index (χ1v) is 21.8. The van der Waals surface area contributed by atoms with Crippen molar-refractivity contribution in [3.05, 3.63) is 178 Å². The minimum atomic E-state index is 0.247. The molecule has 3 aliphatic carbocycles. The summed E-state index contributed by atoms with van der Waals surface area (Å²) in [4.78, 5) is 9.38. The van der Waals surface area contributed by atoms with Crippen LogP contribution in [0.3, 0.4) is 0 Å². The van der Waals surface area contributed by atoms with Crippen molar-refractivity contribution >= 4 is 44.4 Å². The van der Waals surface area contributed by atoms with Crippen LogP contribution in [0.25, 0.3) is 78.0 Å². The number of pyridine rings is 2. The van der Waals surface area contributed by atoms with Crippen LogP contribution >= 0.6 is 0 Å². The van der Waals surface area contributed by atoms with Crippen LogP contribution in [-0.4, -0.2) is 19.1 Å². The van der Waals surface area contributed by atoms with Gasteiger partial charge in [0.15, 0.2) is 0 Å². The van der Waals surface area contributed by atoms with Crippen LogP contribution in [0.1, 0.15) is 108 Å². The second-order valence-electron chi connectivity index (χ2n) is 17.9. The van der Waals surface area contributed by atoms with Gasteiger partial charge in [0.05, 0.1) is 40.3 Å². The Morgan fingerprint density at radius 2 is 1.12 bits per heavy atom. The van der Waals surface area contributed by atoms with E-state index in [-0.39, 0.29) is 11.8 Å². The number of aromatic nitrogens is 4. The van der Waals surface area contributed by atoms with Gasteiger partial charge < -0.3 is 9.13 Å². The van der Waals surface area contributed by atoms with Crippen molar-refractivity contribution in [1.82, 2.24) is 19.1 Å². The minimum absolute atomic E-state index is 0.247. The molecule has 5 aromatic carbocycles. The summed E-state index contributed by atoms with van der Waals surface area (Å²) in [7, 11) is 0. The smallest absolute Gasteiger partial charge is 0.0645 e. The molecule has 0 spiro atoms. The molecule has 4 aromatic heterocycles. The van der Waals surface area contributed by atoms with Gasteiger partial charge in [-0.2, -0.15) is 0 Å². The first-order valence-electron chi connectivity index (χ1n) is 21.8. The highest BCUT2D eigenvalue weighted by atomic mass is 15.0. The largest absolute Gasteiger partial charge is 0.311 e. The topological polar surface area (TPSA) is 35.6 Å². The third kappa shape index (κ3) is 4.79. The van der Waals surface area contributed by atoms with Gasteiger partial charge in [0.1, 0.15) is 0 Å². The number of rotatable bonds is 4. The highest BCUT2D eigenvalue weighted by Crippen LogP contribution is 2.61. The number of nitrogens with zero attached hydrogens (tertiary/aromatic N) is 4. The van der Waals surface area contributed by atoms with E-state index < -0.39 is 0 Å². The Labute approximate surface area is 351 Å². The van der Waals surface area contributed by atoms with E-state index in [0.29, 0.717) is 11.8 Å². The molecule has 0 N–H and O–H groups in total. The molecule has 0 fully saturated rings. The van der Waals surface area contributed by atoms with E-state index >= 15 is 0 Å². The van der Waals surface area contributed by atoms with Crippen molar-refractivity contribution in [3.63, 3.8) is 0 Å². The molecule has 9 aromatic rings. The van der Waals surface area contributed by atoms with Crippen LogP contribution in [-0.2, 0) is 6.42 Å². The highest BCUT2D eigenvalue weighted by molar-refractivity contribution is 6.15. The lowest BCUT2D eigenvalue weighted by Gasteiger charge is -2.42. The fourth-order valence-electron chi connectivity index (χ4n) is 11.6. The molecule has 0 aliphatic heterocycles. The molecule has 3 aliphatic rings. The molecule has 0 radical (unpaired) electrons. The molecular weight excluding hydrogens is 729 g/mol. The highest BCUT2D eigenvalue weighted by Gasteiger charge is 2.43. The summed E-state index contributed by atoms with van der Waals surface area (Å²) in [6.45, 7) is 14.4. The Balaban J connectivity index is 1.22. The zero-order chi connectivity index (χ0) is 40.6. The van der Waals surface area contributed by atoms with Gasteiger partial charge in [-0.1, -0.05) is 82.3 Å². The molecule has 4 heterocycles. The third-order valence-electron chi connectivity index (χ3n) is 14.9. The summed E-state index contributed by atoms with van der Waals surface area (Å²) in [6, 6.07) is 38.6. The first kappa shape index (κ1) is 35.4. The van der Waals surface area contributed by atoms with E-state index in [9.17, 15) is 0 Å². The normalized spacial score (nSPS) is 19.1. The van der Waals surface area contributed by atoms with E-state index in [4.69, 9.17) is 4.98 Å². The van der Waals surface area contributed by atoms with Crippen molar-refractivity contribution in [3.8, 4) is 33.6 Å². The summed E-state index contributed by atoms with van der Waals surface area (Å²) in [5.74, 6) is 1.18. The predicted molar refractivity (Wildman–Crippen MR) is 250 cm³/mol. The second-order valence-corrected chi connectivity index (χ2v) is 17.9. The van der Waals surface area contributed by atoms with Crippen LogP contribution in [0.15, 0.2) is 128 Å². The molecule has 4 heteroatoms. The van der Waals surface area contributed by atoms with Gasteiger partial charge in [-0.25, -0.2) is 0 Å². The van der Waals surface area contributed by atoms with Gasteiger partial charge >= 0.3 is 0 Å². The molecule has 0 saturated heterocycles. The number of allylic oxidation sites excluding steroid dienone is 1. The van der Waals surface area contributed by atoms with Crippen LogP contribution in [0.5, 0.6) is 0 Å². The van der Waals surface area contributed by atoms with Crippen LogP contribution in [0.4, 0.5) is 0 Å². The zero-order valence-electron chi connectivity index (χ0n) is 35.2. The number of benzene rings is 5. The monoisotopic (exact) mass is 776 g/mol. The van der Waals surface area contributed by atoms with E-state index in [1.54, 1.807) is 0 Å². The Bertz CT molecular complexity index is 3290. The fraction of sp³-hybridized carbons (Fsp3) is 0.214. The first-order chi connectivity index (χ1) is 29.3. The molecule has 0 saturated carbocycles. The maximum absolute atomic E-state index is 4.70. The standard InChI is InChI=1S/C56H48N4/c1-31-13-7-9-17-41(31)37-19-21-49-45(25-37)47-27-43-33(3)34(4)44-28-48-46-26-38(42-18-10-8-14-32(42)2)20-22-50(46)60(40-16-12-24-58-30-40)56(48)52-36(6)35(5)51(53(43)54(44)52)55(47)59(49)39-15-11-23-57-29-39/h7-19,21,23-30,33-36H,20,22H2,1-6H3. The summed E-state index contributed by atoms with van der Waals surface area (Å²) < 4.78 is 5.13. The van der Waals surface area contributed by atoms with Crippen molar-refractivity contribution < 1.29 is 0 Å². The SMILES string of the molecule is Cc1ccccc1C1=Cc2c(n(-c3cccnc3)c3c4c5c(cc23)C(C)C(C)c2cc3c6cc(-c7ccccc7C)ccc6n(-c6cccnc6)c3c(c2-5)C(C)C4C)CC1. The fourth-order valence-corrected chi connectivity index (χ4v) is 11.6. The molecule has 12 rings (SSSR count). The number of hydrogen-bond acceptors (Lipinski definition) is 2. The Morgan fingerprint density at radius 1 is 0.533 bits per heavy atom. The van der Waals surface area contributed by atoms with Gasteiger partial charge in [0.2, 0.25) is 0 Å².